The van der Waals surface area contributed by atoms with Crippen LogP contribution in [0.1, 0.15) is 56.5 Å². The van der Waals surface area contributed by atoms with E-state index in [4.69, 9.17) is 14.2 Å². The van der Waals surface area contributed by atoms with Crippen LogP contribution in [0.3, 0.4) is 0 Å². The second kappa shape index (κ2) is 8.16. The van der Waals surface area contributed by atoms with E-state index >= 15 is 0 Å². The monoisotopic (exact) mass is 418 g/mol. The third-order valence-corrected chi connectivity index (χ3v) is 5.74. The fourth-order valence-corrected chi connectivity index (χ4v) is 3.94. The number of amides is 2. The van der Waals surface area contributed by atoms with E-state index < -0.39 is 17.2 Å². The predicted molar refractivity (Wildman–Crippen MR) is 109 cm³/mol. The minimum absolute atomic E-state index is 0.133. The van der Waals surface area contributed by atoms with Crippen molar-refractivity contribution in [3.63, 3.8) is 0 Å². The van der Waals surface area contributed by atoms with Gasteiger partial charge in [0.1, 0.15) is 11.2 Å². The van der Waals surface area contributed by atoms with Crippen LogP contribution in [0.25, 0.3) is 0 Å². The molecule has 0 aromatic heterocycles. The first kappa shape index (κ1) is 21.9. The summed E-state index contributed by atoms with van der Waals surface area (Å²) in [7, 11) is 1.34. The molecule has 2 amide bonds. The Labute approximate surface area is 177 Å². The van der Waals surface area contributed by atoms with Gasteiger partial charge in [0.2, 0.25) is 0 Å². The van der Waals surface area contributed by atoms with Gasteiger partial charge in [-0.25, -0.2) is 14.4 Å². The average Bonchev–Trinajstić information content (AvgIpc) is 2.91. The van der Waals surface area contributed by atoms with Gasteiger partial charge in [-0.05, 0) is 45.4 Å². The molecule has 1 aromatic rings. The van der Waals surface area contributed by atoms with Crippen molar-refractivity contribution in [3.05, 3.63) is 35.4 Å². The maximum atomic E-state index is 12.6. The topological polar surface area (TPSA) is 85.4 Å². The molecule has 0 aliphatic carbocycles. The standard InChI is InChI=1S/C22H30N2O6/c1-15-22(10-12-23(13-11-22)19(26)29-21(2,3)4)30-20(27)24(15)14-16-6-8-17(9-7-16)18(25)28-5/h6-9,15H,10-14H2,1-5H3. The number of hydrogen-bond donors (Lipinski definition) is 0. The smallest absolute Gasteiger partial charge is 0.411 e. The summed E-state index contributed by atoms with van der Waals surface area (Å²) in [5.74, 6) is -0.397. The summed E-state index contributed by atoms with van der Waals surface area (Å²) < 4.78 is 16.0. The quantitative estimate of drug-likeness (QED) is 0.551. The summed E-state index contributed by atoms with van der Waals surface area (Å²) in [6.45, 7) is 8.85. The van der Waals surface area contributed by atoms with Crippen LogP contribution in [0.4, 0.5) is 9.59 Å². The number of carbonyl (C=O) groups is 3. The van der Waals surface area contributed by atoms with E-state index in [0.717, 1.165) is 5.56 Å². The van der Waals surface area contributed by atoms with Crippen LogP contribution in [-0.4, -0.2) is 65.4 Å². The normalized spacial score (nSPS) is 20.8. The fraction of sp³-hybridized carbons (Fsp3) is 0.591. The number of ether oxygens (including phenoxy) is 3. The fourth-order valence-electron chi connectivity index (χ4n) is 3.94. The second-order valence-electron chi connectivity index (χ2n) is 8.89. The Bertz CT molecular complexity index is 806. The Balaban J connectivity index is 1.63. The van der Waals surface area contributed by atoms with Crippen molar-refractivity contribution in [1.82, 2.24) is 9.80 Å². The van der Waals surface area contributed by atoms with Gasteiger partial charge in [0.05, 0.1) is 18.7 Å². The van der Waals surface area contributed by atoms with Crippen molar-refractivity contribution in [1.29, 1.82) is 0 Å². The molecular weight excluding hydrogens is 388 g/mol. The highest BCUT2D eigenvalue weighted by Gasteiger charge is 2.53. The minimum atomic E-state index is -0.610. The van der Waals surface area contributed by atoms with Crippen LogP contribution in [0.5, 0.6) is 0 Å². The van der Waals surface area contributed by atoms with Crippen LogP contribution in [0, 0.1) is 0 Å². The van der Waals surface area contributed by atoms with Gasteiger partial charge < -0.3 is 19.1 Å². The molecule has 8 nitrogen and oxygen atoms in total. The third kappa shape index (κ3) is 4.52. The zero-order valence-electron chi connectivity index (χ0n) is 18.3. The second-order valence-corrected chi connectivity index (χ2v) is 8.89. The lowest BCUT2D eigenvalue weighted by molar-refractivity contribution is -0.0293. The number of esters is 1. The largest absolute Gasteiger partial charge is 0.465 e. The first-order chi connectivity index (χ1) is 14.0. The highest BCUT2D eigenvalue weighted by molar-refractivity contribution is 5.89. The molecule has 1 atom stereocenters. The Morgan fingerprint density at radius 3 is 2.30 bits per heavy atom. The first-order valence-electron chi connectivity index (χ1n) is 10.2. The van der Waals surface area contributed by atoms with Crippen LogP contribution in [0.15, 0.2) is 24.3 Å². The predicted octanol–water partition coefficient (Wildman–Crippen LogP) is 3.58. The number of likely N-dealkylation sites (tertiary alicyclic amines) is 1. The Kier molecular flexibility index (Phi) is 5.97. The maximum Gasteiger partial charge on any atom is 0.411 e. The van der Waals surface area contributed by atoms with Crippen molar-refractivity contribution in [2.45, 2.75) is 64.3 Å². The van der Waals surface area contributed by atoms with E-state index in [2.05, 4.69) is 0 Å². The van der Waals surface area contributed by atoms with Gasteiger partial charge in [-0.2, -0.15) is 0 Å². The highest BCUT2D eigenvalue weighted by Crippen LogP contribution is 2.39. The lowest BCUT2D eigenvalue weighted by atomic mass is 9.85. The molecule has 0 bridgehead atoms. The summed E-state index contributed by atoms with van der Waals surface area (Å²) in [4.78, 5) is 39.9. The van der Waals surface area contributed by atoms with Crippen molar-refractivity contribution >= 4 is 18.2 Å². The number of carbonyl (C=O) groups excluding carboxylic acids is 3. The lowest BCUT2D eigenvalue weighted by Crippen LogP contribution is -2.53. The Morgan fingerprint density at radius 2 is 1.77 bits per heavy atom. The number of methoxy groups -OCH3 is 1. The van der Waals surface area contributed by atoms with E-state index in [1.165, 1.54) is 7.11 Å². The maximum absolute atomic E-state index is 12.6. The number of nitrogens with zero attached hydrogens (tertiary/aromatic N) is 2. The minimum Gasteiger partial charge on any atom is -0.465 e. The summed E-state index contributed by atoms with van der Waals surface area (Å²) in [5, 5.41) is 0. The van der Waals surface area contributed by atoms with E-state index in [1.54, 1.807) is 21.9 Å². The summed E-state index contributed by atoms with van der Waals surface area (Å²) in [6.07, 6.45) is 0.440. The van der Waals surface area contributed by atoms with Crippen LogP contribution < -0.4 is 0 Å². The van der Waals surface area contributed by atoms with Crippen molar-refractivity contribution < 1.29 is 28.6 Å². The zero-order chi connectivity index (χ0) is 22.1. The molecule has 0 radical (unpaired) electrons. The molecule has 0 saturated carbocycles. The summed E-state index contributed by atoms with van der Waals surface area (Å²) >= 11 is 0. The average molecular weight is 418 g/mol. The van der Waals surface area contributed by atoms with Crippen LogP contribution in [-0.2, 0) is 20.8 Å². The zero-order valence-corrected chi connectivity index (χ0v) is 18.3. The van der Waals surface area contributed by atoms with Crippen LogP contribution in [0.2, 0.25) is 0 Å². The van der Waals surface area contributed by atoms with Crippen LogP contribution >= 0.6 is 0 Å². The van der Waals surface area contributed by atoms with Crippen molar-refractivity contribution in [2.75, 3.05) is 20.2 Å². The molecule has 2 fully saturated rings. The number of benzene rings is 1. The van der Waals surface area contributed by atoms with Gasteiger partial charge in [-0.3, -0.25) is 4.90 Å². The van der Waals surface area contributed by atoms with Gasteiger partial charge in [0.15, 0.2) is 0 Å². The highest BCUT2D eigenvalue weighted by atomic mass is 16.6. The molecule has 2 aliphatic rings. The van der Waals surface area contributed by atoms with E-state index in [9.17, 15) is 14.4 Å². The Hall–Kier alpha value is -2.77. The summed E-state index contributed by atoms with van der Waals surface area (Å²) in [6, 6.07) is 6.85. The third-order valence-electron chi connectivity index (χ3n) is 5.74. The van der Waals surface area contributed by atoms with Crippen molar-refractivity contribution in [3.8, 4) is 0 Å². The molecule has 2 saturated heterocycles. The van der Waals surface area contributed by atoms with Gasteiger partial charge in [0, 0.05) is 32.5 Å². The van der Waals surface area contributed by atoms with E-state index in [1.807, 2.05) is 39.8 Å². The van der Waals surface area contributed by atoms with E-state index in [-0.39, 0.29) is 18.2 Å². The van der Waals surface area contributed by atoms with Gasteiger partial charge in [-0.15, -0.1) is 0 Å². The molecule has 1 aromatic carbocycles. The molecule has 8 heteroatoms. The van der Waals surface area contributed by atoms with Gasteiger partial charge in [0.25, 0.3) is 0 Å². The first-order valence-corrected chi connectivity index (χ1v) is 10.2. The molecule has 164 valence electrons. The molecule has 2 aliphatic heterocycles. The molecule has 30 heavy (non-hydrogen) atoms. The summed E-state index contributed by atoms with van der Waals surface area (Å²) in [5.41, 5.74) is 0.208. The Morgan fingerprint density at radius 1 is 1.17 bits per heavy atom. The number of rotatable bonds is 3. The lowest BCUT2D eigenvalue weighted by Gasteiger charge is -2.40. The molecule has 3 rings (SSSR count). The van der Waals surface area contributed by atoms with Gasteiger partial charge in [-0.1, -0.05) is 12.1 Å². The molecule has 1 unspecified atom stereocenters. The molecule has 2 heterocycles. The van der Waals surface area contributed by atoms with Crippen molar-refractivity contribution in [2.24, 2.45) is 0 Å². The molecular formula is C22H30N2O6. The van der Waals surface area contributed by atoms with E-state index in [0.29, 0.717) is 38.0 Å². The number of hydrogen-bond acceptors (Lipinski definition) is 6. The molecule has 0 N–H and O–H groups in total. The van der Waals surface area contributed by atoms with Gasteiger partial charge >= 0.3 is 18.2 Å². The molecule has 1 spiro atoms. The SMILES string of the molecule is COC(=O)c1ccc(CN2C(=O)OC3(CCN(C(=O)OC(C)(C)C)CC3)C2C)cc1. The number of piperidine rings is 1.